The number of nitrogens with zero attached hydrogens (tertiary/aromatic N) is 1. The van der Waals surface area contributed by atoms with Crippen LogP contribution in [0.3, 0.4) is 0 Å². The van der Waals surface area contributed by atoms with Crippen molar-refractivity contribution in [3.05, 3.63) is 76.8 Å². The van der Waals surface area contributed by atoms with E-state index in [0.717, 1.165) is 12.1 Å². The van der Waals surface area contributed by atoms with Gasteiger partial charge in [-0.2, -0.15) is 0 Å². The summed E-state index contributed by atoms with van der Waals surface area (Å²) in [7, 11) is 1.48. The third-order valence-corrected chi connectivity index (χ3v) is 5.28. The van der Waals surface area contributed by atoms with E-state index in [0.29, 0.717) is 28.1 Å². The van der Waals surface area contributed by atoms with Crippen molar-refractivity contribution in [1.82, 2.24) is 4.90 Å². The predicted molar refractivity (Wildman–Crippen MR) is 123 cm³/mol. The minimum absolute atomic E-state index is 0.0779. The maximum Gasteiger partial charge on any atom is 0.254 e. The molecule has 3 rings (SSSR count). The molecule has 0 saturated heterocycles. The second-order valence-electron chi connectivity index (χ2n) is 7.07. The number of hydrogen-bond acceptors (Lipinski definition) is 5. The Balaban J connectivity index is 1.96. The molecule has 174 valence electrons. The molecule has 9 heteroatoms. The van der Waals surface area contributed by atoms with Gasteiger partial charge in [-0.3, -0.25) is 4.79 Å². The maximum atomic E-state index is 14.0. The van der Waals surface area contributed by atoms with Crippen molar-refractivity contribution >= 4 is 28.9 Å². The van der Waals surface area contributed by atoms with Crippen LogP contribution in [0.25, 0.3) is 11.1 Å². The molecule has 0 fully saturated rings. The summed E-state index contributed by atoms with van der Waals surface area (Å²) < 4.78 is 33.3. The van der Waals surface area contributed by atoms with Crippen molar-refractivity contribution in [2.45, 2.75) is 0 Å². The number of aliphatic hydroxyl groups is 2. The van der Waals surface area contributed by atoms with Crippen LogP contribution in [0.5, 0.6) is 5.75 Å². The zero-order valence-corrected chi connectivity index (χ0v) is 18.6. The van der Waals surface area contributed by atoms with Crippen molar-refractivity contribution in [1.29, 1.82) is 0 Å². The normalized spacial score (nSPS) is 10.7. The average molecular weight is 477 g/mol. The molecule has 3 aromatic rings. The molecule has 0 aliphatic carbocycles. The number of carbonyl (C=O) groups is 1. The van der Waals surface area contributed by atoms with Crippen LogP contribution in [-0.2, 0) is 0 Å². The number of halogens is 3. The molecule has 6 nitrogen and oxygen atoms in total. The van der Waals surface area contributed by atoms with Gasteiger partial charge in [0.2, 0.25) is 0 Å². The highest BCUT2D eigenvalue weighted by atomic mass is 35.5. The Morgan fingerprint density at radius 3 is 2.24 bits per heavy atom. The topological polar surface area (TPSA) is 82.0 Å². The molecule has 0 atom stereocenters. The molecule has 0 unspecified atom stereocenters. The lowest BCUT2D eigenvalue weighted by Gasteiger charge is -2.21. The molecule has 3 N–H and O–H groups in total. The van der Waals surface area contributed by atoms with E-state index >= 15 is 0 Å². The fourth-order valence-electron chi connectivity index (χ4n) is 3.36. The smallest absolute Gasteiger partial charge is 0.254 e. The van der Waals surface area contributed by atoms with Gasteiger partial charge in [0.15, 0.2) is 0 Å². The molecule has 33 heavy (non-hydrogen) atoms. The van der Waals surface area contributed by atoms with Crippen molar-refractivity contribution in [2.75, 3.05) is 38.7 Å². The second-order valence-corrected chi connectivity index (χ2v) is 7.48. The molecule has 0 spiro atoms. The Labute approximate surface area is 195 Å². The summed E-state index contributed by atoms with van der Waals surface area (Å²) in [6, 6.07) is 13.1. The predicted octanol–water partition coefficient (Wildman–Crippen LogP) is 4.46. The van der Waals surface area contributed by atoms with Crippen molar-refractivity contribution in [3.8, 4) is 16.9 Å². The van der Waals surface area contributed by atoms with E-state index in [1.165, 1.54) is 24.1 Å². The zero-order valence-electron chi connectivity index (χ0n) is 17.8. The minimum Gasteiger partial charge on any atom is -0.496 e. The number of nitrogens with one attached hydrogen (secondary N) is 1. The summed E-state index contributed by atoms with van der Waals surface area (Å²) in [5.41, 5.74) is 1.47. The van der Waals surface area contributed by atoms with Crippen LogP contribution in [0.2, 0.25) is 5.02 Å². The zero-order chi connectivity index (χ0) is 24.0. The lowest BCUT2D eigenvalue weighted by molar-refractivity contribution is 0.0685. The van der Waals surface area contributed by atoms with Crippen molar-refractivity contribution in [2.24, 2.45) is 0 Å². The van der Waals surface area contributed by atoms with Gasteiger partial charge >= 0.3 is 0 Å². The molecule has 0 aliphatic rings. The first-order chi connectivity index (χ1) is 15.9. The number of rotatable bonds is 9. The largest absolute Gasteiger partial charge is 0.496 e. The lowest BCUT2D eigenvalue weighted by Crippen LogP contribution is -2.35. The average Bonchev–Trinajstić information content (AvgIpc) is 2.80. The van der Waals surface area contributed by atoms with Crippen LogP contribution in [0, 0.1) is 11.6 Å². The number of methoxy groups -OCH3 is 1. The number of ether oxygens (including phenoxy) is 1. The SMILES string of the molecule is COc1ccc(C(=O)N(CCO)CCO)cc1-c1ccc(Nc2c(F)cccc2F)cc1Cl. The fraction of sp³-hybridized carbons (Fsp3) is 0.208. The molecule has 0 aliphatic heterocycles. The Morgan fingerprint density at radius 2 is 1.67 bits per heavy atom. The van der Waals surface area contributed by atoms with Crippen LogP contribution in [0.15, 0.2) is 54.6 Å². The molecule has 0 heterocycles. The molecule has 3 aromatic carbocycles. The van der Waals surface area contributed by atoms with E-state index in [9.17, 15) is 23.8 Å². The number of anilines is 2. The first-order valence-corrected chi connectivity index (χ1v) is 10.5. The third-order valence-electron chi connectivity index (χ3n) is 4.96. The molecular formula is C24H23ClF2N2O4. The Bertz CT molecular complexity index is 1120. The van der Waals surface area contributed by atoms with Crippen LogP contribution < -0.4 is 10.1 Å². The van der Waals surface area contributed by atoms with Gasteiger partial charge in [-0.1, -0.05) is 23.7 Å². The second kappa shape index (κ2) is 11.1. The van der Waals surface area contributed by atoms with Gasteiger partial charge in [0.1, 0.15) is 23.1 Å². The van der Waals surface area contributed by atoms with Crippen molar-refractivity contribution < 1.29 is 28.5 Å². The van der Waals surface area contributed by atoms with E-state index in [-0.39, 0.29) is 42.9 Å². The van der Waals surface area contributed by atoms with Gasteiger partial charge in [-0.05, 0) is 42.5 Å². The summed E-state index contributed by atoms with van der Waals surface area (Å²) >= 11 is 6.49. The van der Waals surface area contributed by atoms with E-state index in [1.807, 2.05) is 0 Å². The standard InChI is InChI=1S/C24H23ClF2N2O4/c1-33-22-8-5-15(24(32)29(9-11-30)10-12-31)13-18(22)17-7-6-16(14-19(17)25)28-23-20(26)3-2-4-21(23)27/h2-8,13-14,28,30-31H,9-12H2,1H3. The molecule has 0 radical (unpaired) electrons. The van der Waals surface area contributed by atoms with E-state index in [4.69, 9.17) is 16.3 Å². The van der Waals surface area contributed by atoms with Crippen LogP contribution in [0.4, 0.5) is 20.2 Å². The molecular weight excluding hydrogens is 454 g/mol. The highest BCUT2D eigenvalue weighted by Crippen LogP contribution is 2.38. The van der Waals surface area contributed by atoms with Crippen LogP contribution >= 0.6 is 11.6 Å². The van der Waals surface area contributed by atoms with Gasteiger partial charge < -0.3 is 25.2 Å². The van der Waals surface area contributed by atoms with E-state index < -0.39 is 11.6 Å². The third kappa shape index (κ3) is 5.60. The molecule has 0 bridgehead atoms. The highest BCUT2D eigenvalue weighted by Gasteiger charge is 2.19. The monoisotopic (exact) mass is 476 g/mol. The first kappa shape index (κ1) is 24.4. The Hall–Kier alpha value is -3.20. The Kier molecular flexibility index (Phi) is 8.21. The number of amides is 1. The van der Waals surface area contributed by atoms with Gasteiger partial charge in [0, 0.05) is 35.5 Å². The van der Waals surface area contributed by atoms with E-state index in [1.54, 1.807) is 30.3 Å². The number of aliphatic hydroxyl groups excluding tert-OH is 2. The Morgan fingerprint density at radius 1 is 1.00 bits per heavy atom. The molecule has 1 amide bonds. The van der Waals surface area contributed by atoms with Gasteiger partial charge in [0.05, 0.1) is 25.3 Å². The minimum atomic E-state index is -0.738. The van der Waals surface area contributed by atoms with Gasteiger partial charge in [-0.25, -0.2) is 8.78 Å². The summed E-state index contributed by atoms with van der Waals surface area (Å²) in [6.07, 6.45) is 0. The number of carbonyl (C=O) groups excluding carboxylic acids is 1. The number of benzene rings is 3. The number of hydrogen-bond donors (Lipinski definition) is 3. The van der Waals surface area contributed by atoms with Gasteiger partial charge in [-0.15, -0.1) is 0 Å². The van der Waals surface area contributed by atoms with Crippen molar-refractivity contribution in [3.63, 3.8) is 0 Å². The molecule has 0 saturated carbocycles. The number of para-hydroxylation sites is 1. The summed E-state index contributed by atoms with van der Waals surface area (Å²) in [5, 5.41) is 21.4. The first-order valence-electron chi connectivity index (χ1n) is 10.1. The van der Waals surface area contributed by atoms with E-state index in [2.05, 4.69) is 5.32 Å². The van der Waals surface area contributed by atoms with Crippen LogP contribution in [-0.4, -0.2) is 54.4 Å². The fourth-order valence-corrected chi connectivity index (χ4v) is 3.65. The molecule has 0 aromatic heterocycles. The summed E-state index contributed by atoms with van der Waals surface area (Å²) in [5.74, 6) is -1.38. The quantitative estimate of drug-likeness (QED) is 0.424. The van der Waals surface area contributed by atoms with Crippen LogP contribution in [0.1, 0.15) is 10.4 Å². The highest BCUT2D eigenvalue weighted by molar-refractivity contribution is 6.33. The summed E-state index contributed by atoms with van der Waals surface area (Å²) in [6.45, 7) is -0.321. The summed E-state index contributed by atoms with van der Waals surface area (Å²) in [4.78, 5) is 14.2. The van der Waals surface area contributed by atoms with Gasteiger partial charge in [0.25, 0.3) is 5.91 Å². The lowest BCUT2D eigenvalue weighted by atomic mass is 10.0. The maximum absolute atomic E-state index is 14.0.